The van der Waals surface area contributed by atoms with E-state index in [0.29, 0.717) is 41.8 Å². The third kappa shape index (κ3) is 6.74. The summed E-state index contributed by atoms with van der Waals surface area (Å²) < 4.78 is 0. The Labute approximate surface area is 179 Å². The molecule has 4 N–H and O–H groups in total. The molecular weight excluding hydrogens is 384 g/mol. The quantitative estimate of drug-likeness (QED) is 0.576. The molecule has 0 saturated heterocycles. The maximum atomic E-state index is 13.4. The highest BCUT2D eigenvalue weighted by Gasteiger charge is 2.26. The Morgan fingerprint density at radius 1 is 1.14 bits per heavy atom. The van der Waals surface area contributed by atoms with E-state index in [0.717, 1.165) is 18.5 Å². The van der Waals surface area contributed by atoms with E-state index in [-0.39, 0.29) is 11.9 Å². The fourth-order valence-corrected chi connectivity index (χ4v) is 3.69. The van der Waals surface area contributed by atoms with Crippen molar-refractivity contribution in [1.82, 2.24) is 9.80 Å². The molecular formula is C23H33ClN4O. The number of nitrogens with two attached hydrogens (primary N) is 2. The number of carbonyl (C=O) groups is 1. The standard InChI is InChI=1S/C23H33ClN4O/c1-17(2)22(27(3)13-7-12-25)16-28(15-18-8-5-4-6-9-18)23(29)20-11-10-19(24)14-21(20)26/h4-6,8-11,14,17,22H,7,12-13,15-16,25-26H2,1-3H3. The van der Waals surface area contributed by atoms with Crippen molar-refractivity contribution < 1.29 is 4.79 Å². The molecule has 29 heavy (non-hydrogen) atoms. The minimum atomic E-state index is -0.0825. The molecule has 5 nitrogen and oxygen atoms in total. The number of halogens is 1. The fraction of sp³-hybridized carbons (Fsp3) is 0.435. The number of likely N-dealkylation sites (N-methyl/N-ethyl adjacent to an activating group) is 1. The monoisotopic (exact) mass is 416 g/mol. The van der Waals surface area contributed by atoms with Gasteiger partial charge in [-0.15, -0.1) is 0 Å². The maximum absolute atomic E-state index is 13.4. The summed E-state index contributed by atoms with van der Waals surface area (Å²) in [6.07, 6.45) is 0.927. The van der Waals surface area contributed by atoms with Crippen LogP contribution in [0.2, 0.25) is 5.02 Å². The second-order valence-corrected chi connectivity index (χ2v) is 8.27. The highest BCUT2D eigenvalue weighted by Crippen LogP contribution is 2.22. The molecule has 2 aromatic rings. The van der Waals surface area contributed by atoms with Crippen LogP contribution in [0.4, 0.5) is 5.69 Å². The van der Waals surface area contributed by atoms with Gasteiger partial charge in [0, 0.05) is 29.8 Å². The molecule has 2 rings (SSSR count). The molecule has 0 heterocycles. The van der Waals surface area contributed by atoms with Gasteiger partial charge in [-0.25, -0.2) is 0 Å². The number of anilines is 1. The Morgan fingerprint density at radius 3 is 2.41 bits per heavy atom. The Morgan fingerprint density at radius 2 is 1.83 bits per heavy atom. The highest BCUT2D eigenvalue weighted by molar-refractivity contribution is 6.31. The number of nitrogen functional groups attached to an aromatic ring is 1. The van der Waals surface area contributed by atoms with Crippen molar-refractivity contribution >= 4 is 23.2 Å². The number of amides is 1. The fourth-order valence-electron chi connectivity index (χ4n) is 3.51. The number of carbonyl (C=O) groups excluding carboxylic acids is 1. The third-order valence-electron chi connectivity index (χ3n) is 5.21. The highest BCUT2D eigenvalue weighted by atomic mass is 35.5. The van der Waals surface area contributed by atoms with Crippen LogP contribution in [0.5, 0.6) is 0 Å². The SMILES string of the molecule is CC(C)C(CN(Cc1ccccc1)C(=O)c1ccc(Cl)cc1N)N(C)CCCN. The Kier molecular flexibility index (Phi) is 8.96. The van der Waals surface area contributed by atoms with Crippen LogP contribution < -0.4 is 11.5 Å². The van der Waals surface area contributed by atoms with Gasteiger partial charge < -0.3 is 21.3 Å². The zero-order valence-electron chi connectivity index (χ0n) is 17.6. The van der Waals surface area contributed by atoms with Crippen molar-refractivity contribution in [3.63, 3.8) is 0 Å². The number of hydrogen-bond acceptors (Lipinski definition) is 4. The van der Waals surface area contributed by atoms with Crippen LogP contribution >= 0.6 is 11.6 Å². The summed E-state index contributed by atoms with van der Waals surface area (Å²) in [6, 6.07) is 15.3. The summed E-state index contributed by atoms with van der Waals surface area (Å²) in [5.41, 5.74) is 13.8. The lowest BCUT2D eigenvalue weighted by atomic mass is 10.0. The van der Waals surface area contributed by atoms with Crippen LogP contribution in [0.15, 0.2) is 48.5 Å². The average molecular weight is 417 g/mol. The van der Waals surface area contributed by atoms with Gasteiger partial charge in [0.25, 0.3) is 5.91 Å². The second kappa shape index (κ2) is 11.2. The third-order valence-corrected chi connectivity index (χ3v) is 5.44. The van der Waals surface area contributed by atoms with E-state index in [1.54, 1.807) is 18.2 Å². The molecule has 0 aliphatic rings. The first-order valence-electron chi connectivity index (χ1n) is 10.1. The molecule has 0 fully saturated rings. The van der Waals surface area contributed by atoms with Gasteiger partial charge >= 0.3 is 0 Å². The molecule has 0 radical (unpaired) electrons. The Bertz CT molecular complexity index is 782. The molecule has 0 bridgehead atoms. The molecule has 1 atom stereocenters. The summed E-state index contributed by atoms with van der Waals surface area (Å²) in [4.78, 5) is 17.6. The van der Waals surface area contributed by atoms with Gasteiger partial charge in [-0.1, -0.05) is 55.8 Å². The predicted octanol–water partition coefficient (Wildman–Crippen LogP) is 3.87. The summed E-state index contributed by atoms with van der Waals surface area (Å²) in [6.45, 7) is 7.06. The van der Waals surface area contributed by atoms with E-state index in [9.17, 15) is 4.79 Å². The first-order valence-corrected chi connectivity index (χ1v) is 10.5. The second-order valence-electron chi connectivity index (χ2n) is 7.84. The van der Waals surface area contributed by atoms with Crippen LogP contribution in [0.25, 0.3) is 0 Å². The van der Waals surface area contributed by atoms with Crippen molar-refractivity contribution in [2.24, 2.45) is 11.7 Å². The zero-order chi connectivity index (χ0) is 21.4. The topological polar surface area (TPSA) is 75.6 Å². The first-order chi connectivity index (χ1) is 13.8. The predicted molar refractivity (Wildman–Crippen MR) is 122 cm³/mol. The van der Waals surface area contributed by atoms with Crippen LogP contribution in [-0.2, 0) is 6.54 Å². The molecule has 1 unspecified atom stereocenters. The van der Waals surface area contributed by atoms with Crippen LogP contribution in [0.3, 0.4) is 0 Å². The van der Waals surface area contributed by atoms with Gasteiger partial charge in [0.1, 0.15) is 0 Å². The largest absolute Gasteiger partial charge is 0.398 e. The minimum absolute atomic E-state index is 0.0825. The Hall–Kier alpha value is -2.08. The van der Waals surface area contributed by atoms with Gasteiger partial charge in [-0.05, 0) is 56.2 Å². The molecule has 6 heteroatoms. The van der Waals surface area contributed by atoms with Crippen molar-refractivity contribution in [3.8, 4) is 0 Å². The summed E-state index contributed by atoms with van der Waals surface area (Å²) in [5, 5.41) is 0.523. The van der Waals surface area contributed by atoms with Crippen LogP contribution in [0, 0.1) is 5.92 Å². The first kappa shape index (κ1) is 23.2. The number of rotatable bonds is 10. The molecule has 0 saturated carbocycles. The van der Waals surface area contributed by atoms with Gasteiger partial charge in [0.05, 0.1) is 5.56 Å². The number of hydrogen-bond donors (Lipinski definition) is 2. The maximum Gasteiger partial charge on any atom is 0.256 e. The number of nitrogens with zero attached hydrogens (tertiary/aromatic N) is 2. The summed E-state index contributed by atoms with van der Waals surface area (Å²) >= 11 is 6.03. The molecule has 0 spiro atoms. The molecule has 1 amide bonds. The average Bonchev–Trinajstić information content (AvgIpc) is 2.69. The summed E-state index contributed by atoms with van der Waals surface area (Å²) in [5.74, 6) is 0.298. The van der Waals surface area contributed by atoms with E-state index in [1.165, 1.54) is 0 Å². The smallest absolute Gasteiger partial charge is 0.256 e. The molecule has 2 aromatic carbocycles. The number of benzene rings is 2. The van der Waals surface area contributed by atoms with Gasteiger partial charge in [0.2, 0.25) is 0 Å². The van der Waals surface area contributed by atoms with Crippen LogP contribution in [0.1, 0.15) is 36.2 Å². The van der Waals surface area contributed by atoms with Crippen molar-refractivity contribution in [1.29, 1.82) is 0 Å². The molecule has 0 aliphatic carbocycles. The Balaban J connectivity index is 2.31. The van der Waals surface area contributed by atoms with Gasteiger partial charge in [-0.3, -0.25) is 4.79 Å². The van der Waals surface area contributed by atoms with E-state index < -0.39 is 0 Å². The van der Waals surface area contributed by atoms with Crippen LogP contribution in [-0.4, -0.2) is 48.4 Å². The lowest BCUT2D eigenvalue weighted by molar-refractivity contribution is 0.0643. The van der Waals surface area contributed by atoms with Gasteiger partial charge in [0.15, 0.2) is 0 Å². The van der Waals surface area contributed by atoms with Crippen molar-refractivity contribution in [2.45, 2.75) is 32.9 Å². The normalized spacial score (nSPS) is 12.4. The zero-order valence-corrected chi connectivity index (χ0v) is 18.4. The molecule has 158 valence electrons. The summed E-state index contributed by atoms with van der Waals surface area (Å²) in [7, 11) is 2.10. The van der Waals surface area contributed by atoms with E-state index in [2.05, 4.69) is 25.8 Å². The van der Waals surface area contributed by atoms with E-state index in [4.69, 9.17) is 23.1 Å². The molecule has 0 aromatic heterocycles. The minimum Gasteiger partial charge on any atom is -0.398 e. The lowest BCUT2D eigenvalue weighted by Gasteiger charge is -2.36. The molecule has 0 aliphatic heterocycles. The van der Waals surface area contributed by atoms with E-state index in [1.807, 2.05) is 35.2 Å². The van der Waals surface area contributed by atoms with Crippen molar-refractivity contribution in [2.75, 3.05) is 32.4 Å². The lowest BCUT2D eigenvalue weighted by Crippen LogP contribution is -2.47. The van der Waals surface area contributed by atoms with Gasteiger partial charge in [-0.2, -0.15) is 0 Å². The van der Waals surface area contributed by atoms with Crippen molar-refractivity contribution in [3.05, 3.63) is 64.7 Å². The van der Waals surface area contributed by atoms with E-state index >= 15 is 0 Å².